The fourth-order valence-electron chi connectivity index (χ4n) is 2.80. The van der Waals surface area contributed by atoms with Crippen LogP contribution in [0.1, 0.15) is 11.1 Å². The molecule has 5 nitrogen and oxygen atoms in total. The maximum atomic E-state index is 13.7. The molecule has 1 unspecified atom stereocenters. The fourth-order valence-corrected chi connectivity index (χ4v) is 3.05. The molecule has 25 heavy (non-hydrogen) atoms. The van der Waals surface area contributed by atoms with Crippen LogP contribution in [0, 0.1) is 5.82 Å². The second kappa shape index (κ2) is 7.41. The van der Waals surface area contributed by atoms with Crippen molar-refractivity contribution in [3.63, 3.8) is 0 Å². The first-order valence-corrected chi connectivity index (χ1v) is 8.55. The van der Waals surface area contributed by atoms with E-state index in [1.54, 1.807) is 13.1 Å². The van der Waals surface area contributed by atoms with Gasteiger partial charge in [-0.15, -0.1) is 0 Å². The number of carbonyl (C=O) groups excluding carboxylic acids is 1. The van der Waals surface area contributed by atoms with Crippen LogP contribution in [0.15, 0.2) is 40.9 Å². The summed E-state index contributed by atoms with van der Waals surface area (Å²) in [6.45, 7) is 0.607. The fraction of sp³-hybridized carbons (Fsp3) is 0.278. The van der Waals surface area contributed by atoms with Crippen molar-refractivity contribution in [3.05, 3.63) is 57.8 Å². The first-order chi connectivity index (χ1) is 11.9. The maximum absolute atomic E-state index is 13.7. The molecule has 2 N–H and O–H groups in total. The predicted molar refractivity (Wildman–Crippen MR) is 94.8 cm³/mol. The van der Waals surface area contributed by atoms with Gasteiger partial charge in [-0.05, 0) is 64.8 Å². The van der Waals surface area contributed by atoms with E-state index in [-0.39, 0.29) is 12.6 Å². The standard InChI is InChI=1S/C18H18BrFN2O3/c1-22(9-12-2-4-13(19)14(20)6-12)15(18(21)23)7-11-3-5-16-17(8-11)25-10-24-16/h2-6,8,15H,7,9-10H2,1H3,(H2,21,23). The summed E-state index contributed by atoms with van der Waals surface area (Å²) in [5.41, 5.74) is 7.27. The van der Waals surface area contributed by atoms with Crippen LogP contribution in [0.3, 0.4) is 0 Å². The average Bonchev–Trinajstić information content (AvgIpc) is 3.03. The van der Waals surface area contributed by atoms with Gasteiger partial charge in [-0.3, -0.25) is 9.69 Å². The Kier molecular flexibility index (Phi) is 5.24. The van der Waals surface area contributed by atoms with Crippen molar-refractivity contribution in [1.82, 2.24) is 4.90 Å². The largest absolute Gasteiger partial charge is 0.454 e. The Balaban J connectivity index is 1.73. The van der Waals surface area contributed by atoms with Crippen LogP contribution in [0.25, 0.3) is 0 Å². The second-order valence-corrected chi connectivity index (χ2v) is 6.83. The molecule has 3 rings (SSSR count). The Hall–Kier alpha value is -2.12. The molecule has 0 fully saturated rings. The Morgan fingerprint density at radius 3 is 2.68 bits per heavy atom. The van der Waals surface area contributed by atoms with Crippen LogP contribution in [0.5, 0.6) is 11.5 Å². The molecule has 0 saturated carbocycles. The summed E-state index contributed by atoms with van der Waals surface area (Å²) >= 11 is 3.13. The number of rotatable bonds is 6. The van der Waals surface area contributed by atoms with E-state index in [0.717, 1.165) is 11.1 Å². The first-order valence-electron chi connectivity index (χ1n) is 7.76. The summed E-state index contributed by atoms with van der Waals surface area (Å²) in [4.78, 5) is 13.7. The number of hydrogen-bond acceptors (Lipinski definition) is 4. The van der Waals surface area contributed by atoms with Gasteiger partial charge in [-0.2, -0.15) is 0 Å². The lowest BCUT2D eigenvalue weighted by Gasteiger charge is -2.25. The Bertz CT molecular complexity index is 800. The molecule has 0 aromatic heterocycles. The Morgan fingerprint density at radius 1 is 1.24 bits per heavy atom. The number of carbonyl (C=O) groups is 1. The van der Waals surface area contributed by atoms with E-state index in [4.69, 9.17) is 15.2 Å². The van der Waals surface area contributed by atoms with E-state index in [1.807, 2.05) is 29.2 Å². The lowest BCUT2D eigenvalue weighted by Crippen LogP contribution is -2.43. The summed E-state index contributed by atoms with van der Waals surface area (Å²) in [6.07, 6.45) is 0.432. The Morgan fingerprint density at radius 2 is 1.96 bits per heavy atom. The third-order valence-electron chi connectivity index (χ3n) is 4.14. The molecule has 1 atom stereocenters. The van der Waals surface area contributed by atoms with E-state index >= 15 is 0 Å². The molecule has 0 saturated heterocycles. The highest BCUT2D eigenvalue weighted by Gasteiger charge is 2.23. The van der Waals surface area contributed by atoms with Gasteiger partial charge in [-0.25, -0.2) is 4.39 Å². The summed E-state index contributed by atoms with van der Waals surface area (Å²) in [5, 5.41) is 0. The summed E-state index contributed by atoms with van der Waals surface area (Å²) < 4.78 is 24.7. The second-order valence-electron chi connectivity index (χ2n) is 5.97. The van der Waals surface area contributed by atoms with Crippen LogP contribution in [-0.2, 0) is 17.8 Å². The highest BCUT2D eigenvalue weighted by Crippen LogP contribution is 2.33. The maximum Gasteiger partial charge on any atom is 0.235 e. The summed E-state index contributed by atoms with van der Waals surface area (Å²) in [5.74, 6) is 0.589. The average molecular weight is 409 g/mol. The van der Waals surface area contributed by atoms with E-state index < -0.39 is 11.9 Å². The molecule has 0 aliphatic carbocycles. The summed E-state index contributed by atoms with van der Waals surface area (Å²) in [7, 11) is 1.79. The summed E-state index contributed by atoms with van der Waals surface area (Å²) in [6, 6.07) is 9.94. The molecule has 0 bridgehead atoms. The number of benzene rings is 2. The van der Waals surface area contributed by atoms with E-state index in [0.29, 0.717) is 28.9 Å². The molecule has 0 radical (unpaired) electrons. The van der Waals surface area contributed by atoms with Crippen molar-refractivity contribution in [2.75, 3.05) is 13.8 Å². The normalized spacial score (nSPS) is 13.9. The number of ether oxygens (including phenoxy) is 2. The number of likely N-dealkylation sites (N-methyl/N-ethyl adjacent to an activating group) is 1. The van der Waals surface area contributed by atoms with Crippen molar-refractivity contribution in [2.24, 2.45) is 5.73 Å². The minimum atomic E-state index is -0.521. The predicted octanol–water partition coefficient (Wildman–Crippen LogP) is 2.85. The Labute approximate surface area is 153 Å². The minimum absolute atomic E-state index is 0.201. The van der Waals surface area contributed by atoms with Crippen molar-refractivity contribution in [3.8, 4) is 11.5 Å². The number of nitrogens with zero attached hydrogens (tertiary/aromatic N) is 1. The third-order valence-corrected chi connectivity index (χ3v) is 4.79. The zero-order chi connectivity index (χ0) is 18.0. The van der Waals surface area contributed by atoms with Crippen LogP contribution >= 0.6 is 15.9 Å². The number of primary amides is 1. The van der Waals surface area contributed by atoms with Crippen molar-refractivity contribution < 1.29 is 18.7 Å². The molecule has 1 aliphatic heterocycles. The number of amides is 1. The number of halogens is 2. The molecule has 7 heteroatoms. The van der Waals surface area contributed by atoms with Crippen molar-refractivity contribution in [1.29, 1.82) is 0 Å². The number of hydrogen-bond donors (Lipinski definition) is 1. The van der Waals surface area contributed by atoms with E-state index in [9.17, 15) is 9.18 Å². The van der Waals surface area contributed by atoms with Gasteiger partial charge in [0.05, 0.1) is 10.5 Å². The molecular weight excluding hydrogens is 391 g/mol. The number of nitrogens with two attached hydrogens (primary N) is 1. The van der Waals surface area contributed by atoms with Crippen LogP contribution in [0.4, 0.5) is 4.39 Å². The molecule has 1 aliphatic rings. The molecule has 1 amide bonds. The monoisotopic (exact) mass is 408 g/mol. The zero-order valence-electron chi connectivity index (χ0n) is 13.7. The van der Waals surface area contributed by atoms with Gasteiger partial charge in [0.15, 0.2) is 11.5 Å². The van der Waals surface area contributed by atoms with Crippen LogP contribution in [-0.4, -0.2) is 30.7 Å². The molecule has 2 aromatic carbocycles. The van der Waals surface area contributed by atoms with Crippen molar-refractivity contribution >= 4 is 21.8 Å². The van der Waals surface area contributed by atoms with E-state index in [2.05, 4.69) is 15.9 Å². The van der Waals surface area contributed by atoms with Gasteiger partial charge in [0.2, 0.25) is 12.7 Å². The van der Waals surface area contributed by atoms with E-state index in [1.165, 1.54) is 6.07 Å². The lowest BCUT2D eigenvalue weighted by atomic mass is 10.0. The van der Waals surface area contributed by atoms with Gasteiger partial charge in [-0.1, -0.05) is 12.1 Å². The minimum Gasteiger partial charge on any atom is -0.454 e. The van der Waals surface area contributed by atoms with Crippen molar-refractivity contribution in [2.45, 2.75) is 19.0 Å². The molecular formula is C18H18BrFN2O3. The van der Waals surface area contributed by atoms with Gasteiger partial charge in [0.25, 0.3) is 0 Å². The van der Waals surface area contributed by atoms with Gasteiger partial charge in [0, 0.05) is 6.54 Å². The SMILES string of the molecule is CN(Cc1ccc(Br)c(F)c1)C(Cc1ccc2c(c1)OCO2)C(N)=O. The first kappa shape index (κ1) is 17.7. The third kappa shape index (κ3) is 4.11. The topological polar surface area (TPSA) is 64.8 Å². The smallest absolute Gasteiger partial charge is 0.235 e. The highest BCUT2D eigenvalue weighted by molar-refractivity contribution is 9.10. The van der Waals surface area contributed by atoms with Gasteiger partial charge in [0.1, 0.15) is 5.82 Å². The molecule has 0 spiro atoms. The van der Waals surface area contributed by atoms with Gasteiger partial charge >= 0.3 is 0 Å². The highest BCUT2D eigenvalue weighted by atomic mass is 79.9. The van der Waals surface area contributed by atoms with Crippen LogP contribution in [0.2, 0.25) is 0 Å². The van der Waals surface area contributed by atoms with Gasteiger partial charge < -0.3 is 15.2 Å². The molecule has 2 aromatic rings. The molecule has 132 valence electrons. The molecule has 1 heterocycles. The quantitative estimate of drug-likeness (QED) is 0.797. The zero-order valence-corrected chi connectivity index (χ0v) is 15.3. The van der Waals surface area contributed by atoms with Crippen LogP contribution < -0.4 is 15.2 Å². The number of fused-ring (bicyclic) bond motifs is 1. The lowest BCUT2D eigenvalue weighted by molar-refractivity contribution is -0.122.